The number of hydrogen-bond acceptors (Lipinski definition) is 6. The number of methoxy groups -OCH3 is 1. The lowest BCUT2D eigenvalue weighted by atomic mass is 10.2. The number of aromatic nitrogens is 2. The van der Waals surface area contributed by atoms with Gasteiger partial charge >= 0.3 is 0 Å². The van der Waals surface area contributed by atoms with Gasteiger partial charge in [-0.2, -0.15) is 5.10 Å². The van der Waals surface area contributed by atoms with E-state index in [9.17, 15) is 4.79 Å². The average molecular weight is 409 g/mol. The lowest BCUT2D eigenvalue weighted by Gasteiger charge is -2.15. The molecule has 2 N–H and O–H groups in total. The number of benzene rings is 1. The standard InChI is InChI=1S/C17H21BrN4O3/c1-5-12-8-15(23)21-17(20-12)22-19-9-11-6-13(18)16(25-10(2)3)14(7-11)24-4/h6-10H,5H2,1-4H3,(H2,20,21,22,23)/b19-9-. The number of ether oxygens (including phenoxy) is 2. The molecule has 7 nitrogen and oxygen atoms in total. The van der Waals surface area contributed by atoms with Crippen molar-refractivity contribution in [3.05, 3.63) is 44.3 Å². The maximum Gasteiger partial charge on any atom is 0.252 e. The molecule has 0 bridgehead atoms. The van der Waals surface area contributed by atoms with Crippen LogP contribution in [0.1, 0.15) is 32.0 Å². The third kappa shape index (κ3) is 5.32. The third-order valence-electron chi connectivity index (χ3n) is 3.15. The van der Waals surface area contributed by atoms with Crippen LogP contribution in [0.2, 0.25) is 0 Å². The minimum atomic E-state index is -0.218. The van der Waals surface area contributed by atoms with E-state index in [4.69, 9.17) is 9.47 Å². The molecule has 2 rings (SSSR count). The fraction of sp³-hybridized carbons (Fsp3) is 0.353. The Morgan fingerprint density at radius 3 is 2.80 bits per heavy atom. The summed E-state index contributed by atoms with van der Waals surface area (Å²) in [5.41, 5.74) is 4.00. The summed E-state index contributed by atoms with van der Waals surface area (Å²) in [6, 6.07) is 5.14. The van der Waals surface area contributed by atoms with Crippen LogP contribution < -0.4 is 20.5 Å². The molecule has 0 fully saturated rings. The topological polar surface area (TPSA) is 88.6 Å². The first-order chi connectivity index (χ1) is 11.9. The number of rotatable bonds is 7. The highest BCUT2D eigenvalue weighted by atomic mass is 79.9. The summed E-state index contributed by atoms with van der Waals surface area (Å²) >= 11 is 3.49. The fourth-order valence-electron chi connectivity index (χ4n) is 2.07. The van der Waals surface area contributed by atoms with Gasteiger partial charge in [0.15, 0.2) is 11.5 Å². The Morgan fingerprint density at radius 2 is 2.16 bits per heavy atom. The minimum absolute atomic E-state index is 0.0279. The summed E-state index contributed by atoms with van der Waals surface area (Å²) in [6.45, 7) is 5.83. The second-order valence-electron chi connectivity index (χ2n) is 5.51. The van der Waals surface area contributed by atoms with E-state index in [0.717, 1.165) is 10.0 Å². The van der Waals surface area contributed by atoms with Gasteiger partial charge in [0, 0.05) is 11.8 Å². The monoisotopic (exact) mass is 408 g/mol. The number of aromatic amines is 1. The summed E-state index contributed by atoms with van der Waals surface area (Å²) in [5, 5.41) is 4.11. The zero-order chi connectivity index (χ0) is 18.4. The largest absolute Gasteiger partial charge is 0.493 e. The molecular formula is C17H21BrN4O3. The summed E-state index contributed by atoms with van der Waals surface area (Å²) in [6.07, 6.45) is 2.30. The summed E-state index contributed by atoms with van der Waals surface area (Å²) in [5.74, 6) is 1.54. The van der Waals surface area contributed by atoms with E-state index in [2.05, 4.69) is 36.4 Å². The smallest absolute Gasteiger partial charge is 0.252 e. The van der Waals surface area contributed by atoms with Crippen molar-refractivity contribution in [1.29, 1.82) is 0 Å². The van der Waals surface area contributed by atoms with Crippen molar-refractivity contribution in [1.82, 2.24) is 9.97 Å². The van der Waals surface area contributed by atoms with Gasteiger partial charge in [-0.1, -0.05) is 6.92 Å². The van der Waals surface area contributed by atoms with Crippen molar-refractivity contribution in [3.63, 3.8) is 0 Å². The van der Waals surface area contributed by atoms with Crippen molar-refractivity contribution in [2.24, 2.45) is 5.10 Å². The SMILES string of the molecule is CCc1cc(=O)[nH]c(N/N=C\c2cc(Br)c(OC(C)C)c(OC)c2)n1. The van der Waals surface area contributed by atoms with Gasteiger partial charge in [0.25, 0.3) is 5.56 Å². The molecule has 1 heterocycles. The molecule has 0 radical (unpaired) electrons. The predicted molar refractivity (Wildman–Crippen MR) is 102 cm³/mol. The molecule has 1 aromatic heterocycles. The van der Waals surface area contributed by atoms with Crippen LogP contribution in [-0.2, 0) is 6.42 Å². The van der Waals surface area contributed by atoms with Crippen LogP contribution in [0.15, 0.2) is 32.6 Å². The maximum absolute atomic E-state index is 11.5. The number of anilines is 1. The fourth-order valence-corrected chi connectivity index (χ4v) is 2.63. The molecule has 134 valence electrons. The lowest BCUT2D eigenvalue weighted by molar-refractivity contribution is 0.228. The van der Waals surface area contributed by atoms with Crippen molar-refractivity contribution in [3.8, 4) is 11.5 Å². The van der Waals surface area contributed by atoms with Gasteiger partial charge in [0.1, 0.15) is 0 Å². The zero-order valence-electron chi connectivity index (χ0n) is 14.6. The molecule has 0 saturated carbocycles. The number of hydrogen-bond donors (Lipinski definition) is 2. The molecule has 25 heavy (non-hydrogen) atoms. The molecule has 0 aliphatic heterocycles. The Kier molecular flexibility index (Phi) is 6.58. The normalized spacial score (nSPS) is 11.1. The number of aryl methyl sites for hydroxylation is 1. The highest BCUT2D eigenvalue weighted by molar-refractivity contribution is 9.10. The highest BCUT2D eigenvalue weighted by Crippen LogP contribution is 2.36. The predicted octanol–water partition coefficient (Wildman–Crippen LogP) is 3.34. The Balaban J connectivity index is 2.19. The molecule has 8 heteroatoms. The minimum Gasteiger partial charge on any atom is -0.493 e. The summed E-state index contributed by atoms with van der Waals surface area (Å²) in [4.78, 5) is 18.4. The molecule has 0 atom stereocenters. The number of halogens is 1. The highest BCUT2D eigenvalue weighted by Gasteiger charge is 2.12. The van der Waals surface area contributed by atoms with Crippen LogP contribution in [0.5, 0.6) is 11.5 Å². The van der Waals surface area contributed by atoms with E-state index >= 15 is 0 Å². The molecule has 0 aliphatic rings. The van der Waals surface area contributed by atoms with E-state index in [1.807, 2.05) is 32.9 Å². The van der Waals surface area contributed by atoms with Crippen molar-refractivity contribution in [2.75, 3.05) is 12.5 Å². The van der Waals surface area contributed by atoms with Crippen LogP contribution in [-0.4, -0.2) is 29.4 Å². The maximum atomic E-state index is 11.5. The van der Waals surface area contributed by atoms with Gasteiger partial charge in [-0.15, -0.1) is 0 Å². The van der Waals surface area contributed by atoms with Gasteiger partial charge in [0.05, 0.1) is 23.9 Å². The van der Waals surface area contributed by atoms with Gasteiger partial charge in [0.2, 0.25) is 5.95 Å². The number of nitrogens with zero attached hydrogens (tertiary/aromatic N) is 2. The first kappa shape index (κ1) is 19.0. The molecule has 2 aromatic rings. The van der Waals surface area contributed by atoms with Crippen molar-refractivity contribution >= 4 is 28.1 Å². The first-order valence-corrected chi connectivity index (χ1v) is 8.65. The molecule has 0 unspecified atom stereocenters. The van der Waals surface area contributed by atoms with Gasteiger partial charge < -0.3 is 9.47 Å². The molecule has 0 saturated heterocycles. The Morgan fingerprint density at radius 1 is 1.40 bits per heavy atom. The van der Waals surface area contributed by atoms with E-state index in [0.29, 0.717) is 29.6 Å². The van der Waals surface area contributed by atoms with E-state index in [1.54, 1.807) is 13.3 Å². The number of H-pyrrole nitrogens is 1. The Labute approximate surface area is 154 Å². The van der Waals surface area contributed by atoms with Gasteiger partial charge in [-0.25, -0.2) is 10.4 Å². The van der Waals surface area contributed by atoms with Crippen LogP contribution in [0, 0.1) is 0 Å². The van der Waals surface area contributed by atoms with E-state index in [1.165, 1.54) is 6.07 Å². The molecular weight excluding hydrogens is 388 g/mol. The lowest BCUT2D eigenvalue weighted by Crippen LogP contribution is -2.11. The van der Waals surface area contributed by atoms with Crippen LogP contribution in [0.25, 0.3) is 0 Å². The molecule has 0 aliphatic carbocycles. The molecule has 0 spiro atoms. The van der Waals surface area contributed by atoms with Gasteiger partial charge in [-0.3, -0.25) is 9.78 Å². The average Bonchev–Trinajstić information content (AvgIpc) is 2.56. The first-order valence-electron chi connectivity index (χ1n) is 7.86. The van der Waals surface area contributed by atoms with Crippen molar-refractivity contribution < 1.29 is 9.47 Å². The second kappa shape index (κ2) is 8.66. The van der Waals surface area contributed by atoms with Crippen LogP contribution in [0.3, 0.4) is 0 Å². The summed E-state index contributed by atoms with van der Waals surface area (Å²) < 4.78 is 11.9. The van der Waals surface area contributed by atoms with Crippen LogP contribution >= 0.6 is 15.9 Å². The third-order valence-corrected chi connectivity index (χ3v) is 3.74. The summed E-state index contributed by atoms with van der Waals surface area (Å²) in [7, 11) is 1.58. The Hall–Kier alpha value is -2.35. The molecule has 0 amide bonds. The van der Waals surface area contributed by atoms with Crippen molar-refractivity contribution in [2.45, 2.75) is 33.3 Å². The molecule has 1 aromatic carbocycles. The number of nitrogens with one attached hydrogen (secondary N) is 2. The Bertz CT molecular complexity index is 818. The number of hydrazone groups is 1. The van der Waals surface area contributed by atoms with Crippen LogP contribution in [0.4, 0.5) is 5.95 Å². The second-order valence-corrected chi connectivity index (χ2v) is 6.36. The zero-order valence-corrected chi connectivity index (χ0v) is 16.2. The quantitative estimate of drug-likeness (QED) is 0.541. The van der Waals surface area contributed by atoms with Gasteiger partial charge in [-0.05, 0) is 53.9 Å². The van der Waals surface area contributed by atoms with E-state index in [-0.39, 0.29) is 11.7 Å². The van der Waals surface area contributed by atoms with E-state index < -0.39 is 0 Å².